The summed E-state index contributed by atoms with van der Waals surface area (Å²) in [5, 5.41) is 9.19. The van der Waals surface area contributed by atoms with Crippen molar-refractivity contribution in [2.45, 2.75) is 20.3 Å². The molecule has 1 aromatic rings. The zero-order chi connectivity index (χ0) is 11.5. The van der Waals surface area contributed by atoms with Crippen LogP contribution < -0.4 is 29.6 Å². The van der Waals surface area contributed by atoms with Gasteiger partial charge in [-0.05, 0) is 31.9 Å². The van der Waals surface area contributed by atoms with Gasteiger partial charge in [-0.15, -0.1) is 6.58 Å². The molecule has 0 atom stereocenters. The Morgan fingerprint density at radius 1 is 1.31 bits per heavy atom. The summed E-state index contributed by atoms with van der Waals surface area (Å²) in [5.74, 6) is 0.349. The van der Waals surface area contributed by atoms with Crippen molar-refractivity contribution in [1.82, 2.24) is 0 Å². The van der Waals surface area contributed by atoms with E-state index in [2.05, 4.69) is 6.58 Å². The second kappa shape index (κ2) is 12.8. The number of phenolic OH excluding ortho intramolecular Hbond substituents is 1. The summed E-state index contributed by atoms with van der Waals surface area (Å²) >= 11 is 0. The van der Waals surface area contributed by atoms with Crippen LogP contribution in [0.5, 0.6) is 5.75 Å². The van der Waals surface area contributed by atoms with Crippen LogP contribution in [0.1, 0.15) is 20.8 Å². The van der Waals surface area contributed by atoms with Crippen LogP contribution in [-0.4, -0.2) is 18.3 Å². The fourth-order valence-electron chi connectivity index (χ4n) is 1.04. The van der Waals surface area contributed by atoms with E-state index in [1.807, 2.05) is 32.0 Å². The van der Waals surface area contributed by atoms with Gasteiger partial charge in [-0.25, -0.2) is 0 Å². The van der Waals surface area contributed by atoms with E-state index in [0.717, 1.165) is 25.2 Å². The van der Waals surface area contributed by atoms with Crippen LogP contribution in [0.4, 0.5) is 0 Å². The van der Waals surface area contributed by atoms with E-state index in [1.165, 1.54) is 0 Å². The molecule has 0 fully saturated rings. The zero-order valence-corrected chi connectivity index (χ0v) is 12.6. The number of ether oxygens (including phenoxy) is 1. The van der Waals surface area contributed by atoms with Gasteiger partial charge < -0.3 is 11.3 Å². The van der Waals surface area contributed by atoms with Gasteiger partial charge >= 0.3 is 29.6 Å². The van der Waals surface area contributed by atoms with Crippen molar-refractivity contribution in [2.75, 3.05) is 13.2 Å². The first kappa shape index (κ1) is 18.1. The van der Waals surface area contributed by atoms with Crippen LogP contribution in [0.15, 0.2) is 36.9 Å². The second-order valence-corrected chi connectivity index (χ2v) is 2.90. The summed E-state index contributed by atoms with van der Waals surface area (Å²) in [4.78, 5) is 0. The Hall–Kier alpha value is -0.280. The quantitative estimate of drug-likeness (QED) is 0.597. The molecule has 3 heteroatoms. The number of para-hydroxylation sites is 1. The average Bonchev–Trinajstić information content (AvgIpc) is 2.24. The van der Waals surface area contributed by atoms with Gasteiger partial charge in [0.15, 0.2) is 0 Å². The Labute approximate surface area is 122 Å². The first-order chi connectivity index (χ1) is 7.26. The molecular weight excluding hydrogens is 211 g/mol. The van der Waals surface area contributed by atoms with Crippen molar-refractivity contribution < 1.29 is 40.8 Å². The Kier molecular flexibility index (Phi) is 14.5. The van der Waals surface area contributed by atoms with Crippen molar-refractivity contribution in [1.29, 1.82) is 0 Å². The molecule has 0 radical (unpaired) electrons. The van der Waals surface area contributed by atoms with E-state index in [0.29, 0.717) is 5.75 Å². The largest absolute Gasteiger partial charge is 1.00 e. The molecule has 1 rings (SSSR count). The van der Waals surface area contributed by atoms with E-state index in [9.17, 15) is 5.11 Å². The number of rotatable bonds is 4. The smallest absolute Gasteiger partial charge is 1.00 e. The zero-order valence-electron chi connectivity index (χ0n) is 11.6. The Morgan fingerprint density at radius 2 is 1.88 bits per heavy atom. The molecular formula is C13H21NaO2. The molecule has 0 spiro atoms. The molecule has 0 aliphatic rings. The Balaban J connectivity index is -0.000000247. The van der Waals surface area contributed by atoms with E-state index in [1.54, 1.807) is 12.1 Å². The number of allylic oxidation sites excluding steroid dienone is 1. The molecule has 0 amide bonds. The number of hydrogen-bond donors (Lipinski definition) is 1. The summed E-state index contributed by atoms with van der Waals surface area (Å²) < 4.78 is 4.83. The minimum atomic E-state index is 0. The van der Waals surface area contributed by atoms with Gasteiger partial charge in [-0.2, -0.15) is 0 Å². The third kappa shape index (κ3) is 8.98. The van der Waals surface area contributed by atoms with Gasteiger partial charge in [-0.1, -0.05) is 24.3 Å². The maximum absolute atomic E-state index is 9.19. The van der Waals surface area contributed by atoms with Crippen molar-refractivity contribution in [3.63, 3.8) is 0 Å². The van der Waals surface area contributed by atoms with Gasteiger partial charge in [-0.3, -0.25) is 0 Å². The number of aromatic hydroxyl groups is 1. The fraction of sp³-hybridized carbons (Fsp3) is 0.385. The summed E-state index contributed by atoms with van der Waals surface area (Å²) in [6, 6.07) is 7.27. The molecule has 1 N–H and O–H groups in total. The minimum Gasteiger partial charge on any atom is -1.00 e. The number of phenols is 1. The first-order valence-electron chi connectivity index (χ1n) is 5.21. The SMILES string of the molecule is C=CCc1ccccc1O.CCOCC.[H-].[Na+]. The molecule has 0 heterocycles. The van der Waals surface area contributed by atoms with E-state index >= 15 is 0 Å². The maximum atomic E-state index is 9.19. The summed E-state index contributed by atoms with van der Waals surface area (Å²) in [5.41, 5.74) is 0.928. The van der Waals surface area contributed by atoms with Crippen molar-refractivity contribution in [3.8, 4) is 5.75 Å². The summed E-state index contributed by atoms with van der Waals surface area (Å²) in [6.45, 7) is 9.25. The molecule has 0 aliphatic heterocycles. The topological polar surface area (TPSA) is 29.5 Å². The maximum Gasteiger partial charge on any atom is 1.00 e. The van der Waals surface area contributed by atoms with Crippen LogP contribution in [0.2, 0.25) is 0 Å². The first-order valence-corrected chi connectivity index (χ1v) is 5.21. The molecule has 0 saturated carbocycles. The van der Waals surface area contributed by atoms with E-state index in [4.69, 9.17) is 4.74 Å². The predicted octanol–water partition coefficient (Wildman–Crippen LogP) is 0.280. The Morgan fingerprint density at radius 3 is 2.25 bits per heavy atom. The third-order valence-electron chi connectivity index (χ3n) is 1.76. The standard InChI is InChI=1S/C9H10O.C4H10O.Na.H/c1-2-5-8-6-3-4-7-9(8)10;1-3-5-4-2;;/h2-4,6-7,10H,1,5H2;3-4H2,1-2H3;;/q;;+1;-1. The van der Waals surface area contributed by atoms with Gasteiger partial charge in [0.25, 0.3) is 0 Å². The molecule has 1 aromatic carbocycles. The van der Waals surface area contributed by atoms with Crippen LogP contribution in [0.3, 0.4) is 0 Å². The molecule has 0 bridgehead atoms. The van der Waals surface area contributed by atoms with Crippen LogP contribution in [0.25, 0.3) is 0 Å². The van der Waals surface area contributed by atoms with E-state index in [-0.39, 0.29) is 31.0 Å². The predicted molar refractivity (Wildman–Crippen MR) is 65.3 cm³/mol. The third-order valence-corrected chi connectivity index (χ3v) is 1.76. The van der Waals surface area contributed by atoms with E-state index < -0.39 is 0 Å². The molecule has 0 aliphatic carbocycles. The van der Waals surface area contributed by atoms with Crippen molar-refractivity contribution in [2.24, 2.45) is 0 Å². The molecule has 86 valence electrons. The van der Waals surface area contributed by atoms with Crippen LogP contribution in [0, 0.1) is 0 Å². The molecule has 2 nitrogen and oxygen atoms in total. The monoisotopic (exact) mass is 232 g/mol. The van der Waals surface area contributed by atoms with Crippen LogP contribution in [-0.2, 0) is 11.2 Å². The Bertz CT molecular complexity index is 278. The fourth-order valence-corrected chi connectivity index (χ4v) is 1.04. The van der Waals surface area contributed by atoms with Crippen molar-refractivity contribution in [3.05, 3.63) is 42.5 Å². The van der Waals surface area contributed by atoms with Crippen molar-refractivity contribution >= 4 is 0 Å². The van der Waals surface area contributed by atoms with Gasteiger partial charge in [0.2, 0.25) is 0 Å². The minimum absolute atomic E-state index is 0. The van der Waals surface area contributed by atoms with Gasteiger partial charge in [0, 0.05) is 13.2 Å². The average molecular weight is 232 g/mol. The second-order valence-electron chi connectivity index (χ2n) is 2.90. The van der Waals surface area contributed by atoms with Crippen LogP contribution >= 0.6 is 0 Å². The number of hydrogen-bond acceptors (Lipinski definition) is 2. The molecule has 0 unspecified atom stereocenters. The van der Waals surface area contributed by atoms with Gasteiger partial charge in [0.1, 0.15) is 5.75 Å². The molecule has 0 saturated heterocycles. The summed E-state index contributed by atoms with van der Waals surface area (Å²) in [6.07, 6.45) is 2.50. The van der Waals surface area contributed by atoms with Gasteiger partial charge in [0.05, 0.1) is 0 Å². The molecule has 16 heavy (non-hydrogen) atoms. The normalized spacial score (nSPS) is 8.38. The molecule has 0 aromatic heterocycles. The summed E-state index contributed by atoms with van der Waals surface area (Å²) in [7, 11) is 0. The number of benzene rings is 1.